The van der Waals surface area contributed by atoms with Crippen molar-refractivity contribution >= 4 is 104 Å². The van der Waals surface area contributed by atoms with Gasteiger partial charge >= 0.3 is 0 Å². The highest BCUT2D eigenvalue weighted by molar-refractivity contribution is 6.37. The molecule has 2 aliphatic carbocycles. The highest BCUT2D eigenvalue weighted by Crippen LogP contribution is 2.49. The number of nitrogens with one attached hydrogen (secondary N) is 1. The molecule has 1 unspecified atom stereocenters. The molecule has 0 bridgehead atoms. The van der Waals surface area contributed by atoms with Crippen molar-refractivity contribution in [2.75, 3.05) is 77.7 Å². The summed E-state index contributed by atoms with van der Waals surface area (Å²) >= 11 is 25.5. The number of halogens is 4. The average Bonchev–Trinajstić information content (AvgIpc) is 1.46. The fraction of sp³-hybridized carbons (Fsp3) is 0.487. The Bertz CT molecular complexity index is 4980. The topological polar surface area (TPSA) is 351 Å². The number of rotatable bonds is 9. The first-order valence-corrected chi connectivity index (χ1v) is 39.8. The fourth-order valence-electron chi connectivity index (χ4n) is 17.3. The quantitative estimate of drug-likeness (QED) is 0.0781. The first-order valence-electron chi connectivity index (χ1n) is 38.2. The molecule has 1 aromatic carbocycles. The van der Waals surface area contributed by atoms with Crippen LogP contribution in [0.25, 0.3) is 22.4 Å². The van der Waals surface area contributed by atoms with Gasteiger partial charge in [0.25, 0.3) is 0 Å². The van der Waals surface area contributed by atoms with Gasteiger partial charge in [0.05, 0.1) is 110 Å². The van der Waals surface area contributed by atoms with Gasteiger partial charge in [0.15, 0.2) is 0 Å². The smallest absolute Gasteiger partial charge is 0.202 e. The van der Waals surface area contributed by atoms with Gasteiger partial charge in [-0.1, -0.05) is 78.3 Å². The van der Waals surface area contributed by atoms with Gasteiger partial charge in [-0.25, -0.2) is 44.9 Å². The second-order valence-electron chi connectivity index (χ2n) is 32.1. The van der Waals surface area contributed by atoms with Crippen LogP contribution in [-0.2, 0) is 19.6 Å². The number of nitrogens with two attached hydrogens (primary N) is 5. The summed E-state index contributed by atoms with van der Waals surface area (Å²) in [5.74, 6) is 4.65. The minimum atomic E-state index is -0.0706. The van der Waals surface area contributed by atoms with Crippen LogP contribution in [-0.4, -0.2) is 158 Å². The molecule has 11 N–H and O–H groups in total. The van der Waals surface area contributed by atoms with Gasteiger partial charge in [0.2, 0.25) is 5.65 Å². The molecule has 109 heavy (non-hydrogen) atoms. The molecule has 15 heterocycles. The van der Waals surface area contributed by atoms with E-state index in [2.05, 4.69) is 103 Å². The van der Waals surface area contributed by atoms with Crippen LogP contribution in [0, 0.1) is 42.9 Å². The zero-order valence-electron chi connectivity index (χ0n) is 63.2. The Morgan fingerprint density at radius 2 is 1.04 bits per heavy atom. The van der Waals surface area contributed by atoms with Crippen LogP contribution in [0.3, 0.4) is 0 Å². The molecule has 2 saturated carbocycles. The van der Waals surface area contributed by atoms with Crippen molar-refractivity contribution in [1.29, 1.82) is 0 Å². The summed E-state index contributed by atoms with van der Waals surface area (Å²) in [6.45, 7) is 24.0. The van der Waals surface area contributed by atoms with E-state index in [0.29, 0.717) is 85.1 Å². The lowest BCUT2D eigenvalue weighted by molar-refractivity contribution is 0.193. The molecule has 0 amide bonds. The van der Waals surface area contributed by atoms with Crippen molar-refractivity contribution in [3.05, 3.63) is 168 Å². The van der Waals surface area contributed by atoms with Crippen LogP contribution in [0.1, 0.15) is 179 Å². The number of fused-ring (bicyclic) bond motifs is 4. The van der Waals surface area contributed by atoms with Crippen molar-refractivity contribution in [2.24, 2.45) is 60.1 Å². The third kappa shape index (κ3) is 15.4. The highest BCUT2D eigenvalue weighted by atomic mass is 35.5. The molecule has 6 fully saturated rings. The number of nitrogen functional groups attached to an aromatic ring is 1. The molecule has 9 aromatic rings. The minimum absolute atomic E-state index is 0.0706. The molecule has 4 saturated heterocycles. The van der Waals surface area contributed by atoms with Crippen LogP contribution < -0.4 is 48.3 Å². The number of benzene rings is 1. The van der Waals surface area contributed by atoms with E-state index < -0.39 is 0 Å². The van der Waals surface area contributed by atoms with Gasteiger partial charge in [-0.05, 0) is 164 Å². The molecule has 29 heteroatoms. The van der Waals surface area contributed by atoms with E-state index in [1.807, 2.05) is 69.8 Å². The first-order chi connectivity index (χ1) is 52.3. The Kier molecular flexibility index (Phi) is 21.6. The molecule has 25 nitrogen and oxygen atoms in total. The van der Waals surface area contributed by atoms with E-state index >= 15 is 0 Å². The lowest BCUT2D eigenvalue weighted by Gasteiger charge is -2.42. The number of hydrogen-bond donors (Lipinski definition) is 6. The largest absolute Gasteiger partial charge is 0.382 e. The first kappa shape index (κ1) is 75.9. The van der Waals surface area contributed by atoms with Crippen molar-refractivity contribution < 1.29 is 0 Å². The van der Waals surface area contributed by atoms with E-state index in [-0.39, 0.29) is 22.8 Å². The Hall–Kier alpha value is -8.53. The third-order valence-corrected chi connectivity index (χ3v) is 26.1. The number of pyridine rings is 3. The van der Waals surface area contributed by atoms with Crippen molar-refractivity contribution in [1.82, 2.24) is 65.0 Å². The van der Waals surface area contributed by atoms with Crippen LogP contribution >= 0.6 is 46.4 Å². The monoisotopic (exact) mass is 1550 g/mol. The SMILES string of the molecule is C[C@@H]1C[C@@H](N)C2(CCN(c3cnc4c(-c5ccnc(N)c5Cl)[nH]nc4n3)CC2)C1.Cc1cc(C2=NCc3nc(N4CCC5(CCC[C@H]5N)CC4)cnc32)c(Cl)cn1.Cc1ccc(Cl)c(C2=NCc3nc(N4CCC(C)(N)CC4)cnc32)c1.Cc1nccc(C2=NCc3nc(N4CCC(C)(C(C)N)CC4)cnc32)c1Cl. The highest BCUT2D eigenvalue weighted by Gasteiger charge is 2.47. The summed E-state index contributed by atoms with van der Waals surface area (Å²) in [5, 5.41) is 9.65. The van der Waals surface area contributed by atoms with Gasteiger partial charge in [-0.2, -0.15) is 5.10 Å². The lowest BCUT2D eigenvalue weighted by Crippen LogP contribution is -2.48. The van der Waals surface area contributed by atoms with Crippen molar-refractivity contribution in [3.8, 4) is 11.3 Å². The Morgan fingerprint density at radius 1 is 0.532 bits per heavy atom. The Morgan fingerprint density at radius 3 is 1.58 bits per heavy atom. The van der Waals surface area contributed by atoms with Crippen LogP contribution in [0.4, 0.5) is 29.1 Å². The Labute approximate surface area is 656 Å². The van der Waals surface area contributed by atoms with Crippen LogP contribution in [0.5, 0.6) is 0 Å². The predicted molar refractivity (Wildman–Crippen MR) is 436 cm³/mol. The number of aryl methyl sites for hydroxylation is 3. The zero-order chi connectivity index (χ0) is 76.3. The predicted octanol–water partition coefficient (Wildman–Crippen LogP) is 12.5. The molecule has 18 rings (SSSR count). The number of aromatic nitrogens is 13. The fourth-order valence-corrected chi connectivity index (χ4v) is 18.1. The number of aromatic amines is 1. The second-order valence-corrected chi connectivity index (χ2v) is 33.7. The maximum atomic E-state index is 6.49. The summed E-state index contributed by atoms with van der Waals surface area (Å²) in [6.07, 6.45) is 27.1. The summed E-state index contributed by atoms with van der Waals surface area (Å²) < 4.78 is 0. The summed E-state index contributed by atoms with van der Waals surface area (Å²) in [5.41, 5.74) is 47.8. The summed E-state index contributed by atoms with van der Waals surface area (Å²) in [7, 11) is 0. The molecule has 8 aromatic heterocycles. The molecule has 7 aliphatic heterocycles. The number of H-pyrrole nitrogens is 1. The molecular formula is C80H97Cl4N25. The van der Waals surface area contributed by atoms with E-state index in [1.165, 1.54) is 25.7 Å². The maximum Gasteiger partial charge on any atom is 0.202 e. The number of hydrogen-bond acceptors (Lipinski definition) is 24. The third-order valence-electron chi connectivity index (χ3n) is 24.6. The van der Waals surface area contributed by atoms with Gasteiger partial charge in [0, 0.05) is 123 Å². The van der Waals surface area contributed by atoms with E-state index in [1.54, 1.807) is 24.7 Å². The standard InChI is InChI=1S/C21H25ClN6.C20H25ClN8.C20H25ClN6.C19H22ClN5/c1-13-9-14(15(22)10-24-13)19-20-16(11-25-19)27-18(12-26-20)28-7-5-21(6-8-28)4-2-3-17(21)23;1-11-8-13(22)20(9-11)3-6-29(7-4-20)14-10-25-17-16(27-28-19(17)26-14)12-2-5-24-18(23)15(12)21;1-12-17(21)14(4-7-23-12)18-19-15(10-24-18)26-16(11-25-19)27-8-5-20(3,6-9-27)13(2)22;1-12-3-4-14(20)13(9-12)17-18-15(10-22-17)24-16(11-23-18)25-7-5-19(2,21)6-8-25/h9-10,12,17H,2-8,11,23H2,1H3;2,5,10-11,13H,3-4,6-9,22H2,1H3,(H2,23,24)(H,26,27,28);4,7,11,13H,5-6,8-10,22H2,1-3H3;3-4,9,11H,5-8,10,21H2,1-2H3/t17-;11-,13-;;/m11../s1. The Balaban J connectivity index is 0.000000116. The molecule has 0 radical (unpaired) electrons. The number of piperidine rings is 4. The molecule has 2 spiro atoms. The van der Waals surface area contributed by atoms with Gasteiger partial charge in [-0.15, -0.1) is 0 Å². The van der Waals surface area contributed by atoms with Crippen molar-refractivity contribution in [3.63, 3.8) is 0 Å². The molecular weight excluding hydrogens is 1450 g/mol. The molecule has 570 valence electrons. The van der Waals surface area contributed by atoms with E-state index in [0.717, 1.165) is 224 Å². The van der Waals surface area contributed by atoms with E-state index in [9.17, 15) is 0 Å². The van der Waals surface area contributed by atoms with Gasteiger partial charge in [-0.3, -0.25) is 30.0 Å². The van der Waals surface area contributed by atoms with Crippen LogP contribution in [0.15, 0.2) is 94.8 Å². The lowest BCUT2D eigenvalue weighted by atomic mass is 9.74. The second kappa shape index (κ2) is 31.0. The zero-order valence-corrected chi connectivity index (χ0v) is 66.2. The van der Waals surface area contributed by atoms with Crippen LogP contribution in [0.2, 0.25) is 20.1 Å². The number of aliphatic imine (C=N–C) groups is 3. The normalized spacial score (nSPS) is 21.5. The number of anilines is 5. The maximum absolute atomic E-state index is 6.49. The number of nitrogens with zero attached hydrogens (tertiary/aromatic N) is 19. The minimum Gasteiger partial charge on any atom is -0.382 e. The average molecular weight is 1550 g/mol. The van der Waals surface area contributed by atoms with E-state index in [4.69, 9.17) is 105 Å². The molecule has 9 aliphatic rings. The summed E-state index contributed by atoms with van der Waals surface area (Å²) in [4.78, 5) is 73.7. The van der Waals surface area contributed by atoms with Gasteiger partial charge in [0.1, 0.15) is 51.7 Å². The van der Waals surface area contributed by atoms with Gasteiger partial charge < -0.3 is 48.3 Å². The molecule has 4 atom stereocenters. The van der Waals surface area contributed by atoms with Crippen molar-refractivity contribution in [2.45, 2.75) is 175 Å². The summed E-state index contributed by atoms with van der Waals surface area (Å²) in [6, 6.07) is 12.5.